The second kappa shape index (κ2) is 3.67. The Morgan fingerprint density at radius 3 is 2.91 bits per heavy atom. The van der Waals surface area contributed by atoms with Crippen LogP contribution < -0.4 is 11.1 Å². The van der Waals surface area contributed by atoms with Crippen LogP contribution in [-0.2, 0) is 4.79 Å². The minimum Gasteiger partial charge on any atom is -0.376 e. The Kier molecular flexibility index (Phi) is 2.82. The average molecular weight is 172 g/mol. The molecule has 0 aromatic heterocycles. The normalized spacial score (nSPS) is 24.7. The first-order valence-corrected chi connectivity index (χ1v) is 4.19. The van der Waals surface area contributed by atoms with Crippen LogP contribution in [0, 0.1) is 0 Å². The number of carbonyl (C=O) groups is 1. The number of hydrogen-bond acceptors (Lipinski definition) is 2. The maximum Gasteiger partial charge on any atom is 0.164 e. The van der Waals surface area contributed by atoms with Crippen LogP contribution in [-0.4, -0.2) is 16.9 Å². The van der Waals surface area contributed by atoms with Gasteiger partial charge in [-0.05, 0) is 25.1 Å². The quantitative estimate of drug-likeness (QED) is 0.560. The van der Waals surface area contributed by atoms with Crippen molar-refractivity contribution in [2.24, 2.45) is 5.73 Å². The van der Waals surface area contributed by atoms with E-state index in [0.29, 0.717) is 6.42 Å². The second-order valence-corrected chi connectivity index (χ2v) is 3.21. The van der Waals surface area contributed by atoms with E-state index in [-0.39, 0.29) is 16.9 Å². The van der Waals surface area contributed by atoms with Crippen LogP contribution in [0.4, 0.5) is 0 Å². The predicted molar refractivity (Wildman–Crippen MR) is 47.2 cm³/mol. The van der Waals surface area contributed by atoms with Crippen molar-refractivity contribution in [2.75, 3.05) is 0 Å². The van der Waals surface area contributed by atoms with E-state index in [4.69, 9.17) is 5.73 Å². The van der Waals surface area contributed by atoms with Crippen LogP contribution >= 0.6 is 12.2 Å². The molecule has 1 rings (SSSR count). The van der Waals surface area contributed by atoms with Crippen molar-refractivity contribution in [3.05, 3.63) is 0 Å². The highest BCUT2D eigenvalue weighted by molar-refractivity contribution is 7.80. The molecule has 0 saturated heterocycles. The minimum atomic E-state index is -0.110. The summed E-state index contributed by atoms with van der Waals surface area (Å²) in [7, 11) is 0. The molecule has 0 bridgehead atoms. The topological polar surface area (TPSA) is 55.1 Å². The lowest BCUT2D eigenvalue weighted by Gasteiger charge is -2.21. The molecule has 3 N–H and O–H groups in total. The first-order chi connectivity index (χ1) is 5.20. The second-order valence-electron chi connectivity index (χ2n) is 2.77. The highest BCUT2D eigenvalue weighted by Gasteiger charge is 2.21. The zero-order chi connectivity index (χ0) is 8.27. The summed E-state index contributed by atoms with van der Waals surface area (Å²) in [6, 6.07) is -0.110. The Morgan fingerprint density at radius 2 is 2.36 bits per heavy atom. The van der Waals surface area contributed by atoms with Crippen LogP contribution in [0.5, 0.6) is 0 Å². The first-order valence-electron chi connectivity index (χ1n) is 3.79. The Bertz CT molecular complexity index is 181. The highest BCUT2D eigenvalue weighted by atomic mass is 32.1. The number of rotatable bonds is 1. The van der Waals surface area contributed by atoms with E-state index in [9.17, 15) is 4.79 Å². The summed E-state index contributed by atoms with van der Waals surface area (Å²) in [6.07, 6.45) is 3.64. The van der Waals surface area contributed by atoms with Gasteiger partial charge in [0.25, 0.3) is 0 Å². The van der Waals surface area contributed by atoms with Crippen molar-refractivity contribution in [1.82, 2.24) is 5.32 Å². The number of carbonyl (C=O) groups excluding carboxylic acids is 1. The molecule has 1 unspecified atom stereocenters. The molecule has 0 spiro atoms. The lowest BCUT2D eigenvalue weighted by Crippen LogP contribution is -2.44. The molecule has 62 valence electrons. The van der Waals surface area contributed by atoms with Crippen molar-refractivity contribution < 1.29 is 4.79 Å². The van der Waals surface area contributed by atoms with Gasteiger partial charge in [-0.2, -0.15) is 0 Å². The van der Waals surface area contributed by atoms with Crippen LogP contribution in [0.3, 0.4) is 0 Å². The van der Waals surface area contributed by atoms with Crippen molar-refractivity contribution in [3.8, 4) is 0 Å². The summed E-state index contributed by atoms with van der Waals surface area (Å²) in [6.45, 7) is 0. The zero-order valence-electron chi connectivity index (χ0n) is 6.30. The Labute approximate surface area is 71.3 Å². The van der Waals surface area contributed by atoms with Crippen molar-refractivity contribution in [2.45, 2.75) is 31.7 Å². The third-order valence-electron chi connectivity index (χ3n) is 1.87. The summed E-state index contributed by atoms with van der Waals surface area (Å²) in [4.78, 5) is 11.2. The fourth-order valence-electron chi connectivity index (χ4n) is 1.31. The molecule has 1 saturated carbocycles. The van der Waals surface area contributed by atoms with E-state index in [0.717, 1.165) is 19.3 Å². The largest absolute Gasteiger partial charge is 0.376 e. The third kappa shape index (κ3) is 2.46. The van der Waals surface area contributed by atoms with Crippen LogP contribution in [0.15, 0.2) is 0 Å². The molecular weight excluding hydrogens is 160 g/mol. The average Bonchev–Trinajstić information content (AvgIpc) is 1.93. The lowest BCUT2D eigenvalue weighted by molar-refractivity contribution is -0.122. The lowest BCUT2D eigenvalue weighted by atomic mass is 9.94. The Balaban J connectivity index is 2.42. The minimum absolute atomic E-state index is 0.110. The monoisotopic (exact) mass is 172 g/mol. The van der Waals surface area contributed by atoms with Gasteiger partial charge in [0.05, 0.1) is 6.04 Å². The van der Waals surface area contributed by atoms with E-state index in [1.165, 1.54) is 0 Å². The van der Waals surface area contributed by atoms with E-state index in [1.54, 1.807) is 0 Å². The summed E-state index contributed by atoms with van der Waals surface area (Å²) < 4.78 is 0. The fraction of sp³-hybridized carbons (Fsp3) is 0.714. The molecular formula is C7H12N2OS. The molecule has 4 heteroatoms. The van der Waals surface area contributed by atoms with Gasteiger partial charge in [-0.3, -0.25) is 4.79 Å². The summed E-state index contributed by atoms with van der Waals surface area (Å²) in [5.41, 5.74) is 5.25. The van der Waals surface area contributed by atoms with Crippen LogP contribution in [0.25, 0.3) is 0 Å². The van der Waals surface area contributed by atoms with Gasteiger partial charge in [0.15, 0.2) is 10.9 Å². The number of Topliss-reactive ketones (excluding diaryl/α,β-unsaturated/α-hetero) is 1. The number of nitrogens with two attached hydrogens (primary N) is 1. The van der Waals surface area contributed by atoms with Gasteiger partial charge in [-0.15, -0.1) is 0 Å². The van der Waals surface area contributed by atoms with E-state index >= 15 is 0 Å². The molecule has 3 nitrogen and oxygen atoms in total. The van der Waals surface area contributed by atoms with Gasteiger partial charge in [0, 0.05) is 6.42 Å². The van der Waals surface area contributed by atoms with Gasteiger partial charge in [-0.1, -0.05) is 6.42 Å². The maximum absolute atomic E-state index is 11.2. The van der Waals surface area contributed by atoms with Gasteiger partial charge >= 0.3 is 0 Å². The van der Waals surface area contributed by atoms with E-state index < -0.39 is 0 Å². The summed E-state index contributed by atoms with van der Waals surface area (Å²) >= 11 is 4.64. The smallest absolute Gasteiger partial charge is 0.164 e. The molecule has 11 heavy (non-hydrogen) atoms. The summed E-state index contributed by atoms with van der Waals surface area (Å²) in [5.74, 6) is 0.240. The molecule has 1 aliphatic rings. The third-order valence-corrected chi connectivity index (χ3v) is 1.99. The Morgan fingerprint density at radius 1 is 1.64 bits per heavy atom. The zero-order valence-corrected chi connectivity index (χ0v) is 7.12. The van der Waals surface area contributed by atoms with Crippen molar-refractivity contribution in [1.29, 1.82) is 0 Å². The number of ketones is 1. The molecule has 1 atom stereocenters. The van der Waals surface area contributed by atoms with Crippen molar-refractivity contribution >= 4 is 23.1 Å². The number of thiocarbonyl (C=S) groups is 1. The van der Waals surface area contributed by atoms with E-state index in [2.05, 4.69) is 17.5 Å². The van der Waals surface area contributed by atoms with Crippen LogP contribution in [0.1, 0.15) is 25.7 Å². The van der Waals surface area contributed by atoms with Gasteiger partial charge in [0.2, 0.25) is 0 Å². The van der Waals surface area contributed by atoms with Crippen molar-refractivity contribution in [3.63, 3.8) is 0 Å². The highest BCUT2D eigenvalue weighted by Crippen LogP contribution is 2.13. The molecule has 0 aromatic carbocycles. The molecule has 0 heterocycles. The molecule has 1 fully saturated rings. The predicted octanol–water partition coefficient (Wildman–Crippen LogP) is 0.331. The maximum atomic E-state index is 11.2. The summed E-state index contributed by atoms with van der Waals surface area (Å²) in [5, 5.41) is 3.02. The number of hydrogen-bond donors (Lipinski definition) is 2. The molecule has 0 amide bonds. The Hall–Kier alpha value is -0.640. The van der Waals surface area contributed by atoms with Gasteiger partial charge < -0.3 is 11.1 Å². The molecule has 0 radical (unpaired) electrons. The molecule has 1 aliphatic carbocycles. The molecule has 0 aliphatic heterocycles. The number of nitrogens with one attached hydrogen (secondary N) is 1. The van der Waals surface area contributed by atoms with Gasteiger partial charge in [-0.25, -0.2) is 0 Å². The fourth-order valence-corrected chi connectivity index (χ4v) is 1.45. The van der Waals surface area contributed by atoms with Crippen LogP contribution in [0.2, 0.25) is 0 Å². The van der Waals surface area contributed by atoms with Gasteiger partial charge in [0.1, 0.15) is 0 Å². The first kappa shape index (κ1) is 8.46. The SMILES string of the molecule is NC(=S)NC1CCCCC1=O. The standard InChI is InChI=1S/C7H12N2OS/c8-7(11)9-5-3-1-2-4-6(5)10/h5H,1-4H2,(H3,8,9,11). The van der Waals surface area contributed by atoms with E-state index in [1.807, 2.05) is 0 Å². The molecule has 0 aromatic rings.